The van der Waals surface area contributed by atoms with Gasteiger partial charge in [-0.1, -0.05) is 53.5 Å². The van der Waals surface area contributed by atoms with E-state index in [1.54, 1.807) is 14.2 Å². The van der Waals surface area contributed by atoms with Gasteiger partial charge in [0.15, 0.2) is 0 Å². The number of methoxy groups -OCH3 is 2. The molecule has 0 radical (unpaired) electrons. The SMILES string of the molecule is COc1ccc(OC)c(CNC(=O)c2ccc(-c3ccc(Cl)cc3)c(-c3ccc(Cl)cc3)c2)c1. The molecule has 0 aromatic heterocycles. The first kappa shape index (κ1) is 23.7. The van der Waals surface area contributed by atoms with Crippen molar-refractivity contribution in [1.29, 1.82) is 0 Å². The average Bonchev–Trinajstić information content (AvgIpc) is 2.87. The molecule has 0 spiro atoms. The van der Waals surface area contributed by atoms with Crippen LogP contribution >= 0.6 is 23.2 Å². The number of amides is 1. The number of carbonyl (C=O) groups excluding carboxylic acids is 1. The minimum atomic E-state index is -0.192. The summed E-state index contributed by atoms with van der Waals surface area (Å²) in [5.41, 5.74) is 5.24. The van der Waals surface area contributed by atoms with E-state index >= 15 is 0 Å². The molecule has 0 unspecified atom stereocenters. The lowest BCUT2D eigenvalue weighted by atomic mass is 9.92. The lowest BCUT2D eigenvalue weighted by Crippen LogP contribution is -2.23. The summed E-state index contributed by atoms with van der Waals surface area (Å²) >= 11 is 12.2. The van der Waals surface area contributed by atoms with Gasteiger partial charge in [0.25, 0.3) is 5.91 Å². The second-order valence-corrected chi connectivity index (χ2v) is 8.51. The lowest BCUT2D eigenvalue weighted by Gasteiger charge is -2.14. The Morgan fingerprint density at radius 1 is 0.735 bits per heavy atom. The second-order valence-electron chi connectivity index (χ2n) is 7.63. The normalized spacial score (nSPS) is 10.6. The first-order valence-electron chi connectivity index (χ1n) is 10.6. The first-order chi connectivity index (χ1) is 16.5. The summed E-state index contributed by atoms with van der Waals surface area (Å²) in [4.78, 5) is 13.1. The molecule has 0 atom stereocenters. The average molecular weight is 492 g/mol. The fourth-order valence-electron chi connectivity index (χ4n) is 3.73. The van der Waals surface area contributed by atoms with Gasteiger partial charge >= 0.3 is 0 Å². The van der Waals surface area contributed by atoms with Crippen molar-refractivity contribution >= 4 is 29.1 Å². The number of rotatable bonds is 7. The zero-order valence-electron chi connectivity index (χ0n) is 18.8. The zero-order chi connectivity index (χ0) is 24.1. The highest BCUT2D eigenvalue weighted by atomic mass is 35.5. The third-order valence-corrected chi connectivity index (χ3v) is 6.02. The van der Waals surface area contributed by atoms with Gasteiger partial charge in [-0.3, -0.25) is 4.79 Å². The highest BCUT2D eigenvalue weighted by Crippen LogP contribution is 2.34. The lowest BCUT2D eigenvalue weighted by molar-refractivity contribution is 0.0950. The van der Waals surface area contributed by atoms with Crippen LogP contribution in [0.4, 0.5) is 0 Å². The molecule has 4 rings (SSSR count). The van der Waals surface area contributed by atoms with Crippen LogP contribution < -0.4 is 14.8 Å². The van der Waals surface area contributed by atoms with Crippen molar-refractivity contribution in [2.45, 2.75) is 6.54 Å². The van der Waals surface area contributed by atoms with E-state index < -0.39 is 0 Å². The van der Waals surface area contributed by atoms with Crippen LogP contribution in [0.5, 0.6) is 11.5 Å². The van der Waals surface area contributed by atoms with Crippen LogP contribution in [-0.4, -0.2) is 20.1 Å². The van der Waals surface area contributed by atoms with Crippen molar-refractivity contribution in [3.63, 3.8) is 0 Å². The smallest absolute Gasteiger partial charge is 0.251 e. The van der Waals surface area contributed by atoms with Gasteiger partial charge in [-0.2, -0.15) is 0 Å². The number of hydrogen-bond donors (Lipinski definition) is 1. The predicted octanol–water partition coefficient (Wildman–Crippen LogP) is 7.27. The molecule has 6 heteroatoms. The molecule has 0 aliphatic carbocycles. The summed E-state index contributed by atoms with van der Waals surface area (Å²) < 4.78 is 10.7. The Morgan fingerprint density at radius 2 is 1.35 bits per heavy atom. The van der Waals surface area contributed by atoms with Crippen molar-refractivity contribution < 1.29 is 14.3 Å². The Morgan fingerprint density at radius 3 is 1.94 bits per heavy atom. The highest BCUT2D eigenvalue weighted by molar-refractivity contribution is 6.31. The minimum absolute atomic E-state index is 0.192. The number of carbonyl (C=O) groups is 1. The van der Waals surface area contributed by atoms with Crippen LogP contribution in [0.25, 0.3) is 22.3 Å². The van der Waals surface area contributed by atoms with Crippen LogP contribution in [0.1, 0.15) is 15.9 Å². The standard InChI is InChI=1S/C28H23Cl2NO3/c1-33-24-12-14-27(34-2)21(15-24)17-31-28(32)20-7-13-25(18-3-8-22(29)9-4-18)26(16-20)19-5-10-23(30)11-6-19/h3-16H,17H2,1-2H3,(H,31,32). The Bertz CT molecular complexity index is 1300. The van der Waals surface area contributed by atoms with Crippen LogP contribution in [0.15, 0.2) is 84.9 Å². The maximum absolute atomic E-state index is 13.1. The molecule has 4 aromatic rings. The number of halogens is 2. The van der Waals surface area contributed by atoms with E-state index in [1.807, 2.05) is 84.9 Å². The molecular weight excluding hydrogens is 469 g/mol. The van der Waals surface area contributed by atoms with Gasteiger partial charge < -0.3 is 14.8 Å². The summed E-state index contributed by atoms with van der Waals surface area (Å²) in [6.45, 7) is 0.300. The maximum atomic E-state index is 13.1. The van der Waals surface area contributed by atoms with Gasteiger partial charge in [0, 0.05) is 27.7 Å². The number of nitrogens with one attached hydrogen (secondary N) is 1. The molecule has 172 valence electrons. The van der Waals surface area contributed by atoms with Gasteiger partial charge in [0.05, 0.1) is 14.2 Å². The van der Waals surface area contributed by atoms with Crippen molar-refractivity contribution in [1.82, 2.24) is 5.32 Å². The van der Waals surface area contributed by atoms with Crippen molar-refractivity contribution in [3.05, 3.63) is 106 Å². The molecule has 4 aromatic carbocycles. The van der Waals surface area contributed by atoms with Gasteiger partial charge in [0.1, 0.15) is 11.5 Å². The van der Waals surface area contributed by atoms with Crippen molar-refractivity contribution in [2.24, 2.45) is 0 Å². The minimum Gasteiger partial charge on any atom is -0.497 e. The summed E-state index contributed by atoms with van der Waals surface area (Å²) in [5, 5.41) is 4.30. The summed E-state index contributed by atoms with van der Waals surface area (Å²) in [5.74, 6) is 1.19. The molecule has 0 bridgehead atoms. The van der Waals surface area contributed by atoms with Crippen LogP contribution in [-0.2, 0) is 6.54 Å². The van der Waals surface area contributed by atoms with E-state index in [1.165, 1.54) is 0 Å². The monoisotopic (exact) mass is 491 g/mol. The van der Waals surface area contributed by atoms with E-state index in [0.717, 1.165) is 27.8 Å². The van der Waals surface area contributed by atoms with Crippen molar-refractivity contribution in [3.8, 4) is 33.8 Å². The van der Waals surface area contributed by atoms with E-state index in [2.05, 4.69) is 5.32 Å². The number of hydrogen-bond acceptors (Lipinski definition) is 3. The largest absolute Gasteiger partial charge is 0.497 e. The van der Waals surface area contributed by atoms with E-state index in [-0.39, 0.29) is 5.91 Å². The summed E-state index contributed by atoms with van der Waals surface area (Å²) in [6, 6.07) is 26.3. The molecule has 0 fully saturated rings. The number of ether oxygens (including phenoxy) is 2. The topological polar surface area (TPSA) is 47.6 Å². The first-order valence-corrected chi connectivity index (χ1v) is 11.4. The Balaban J connectivity index is 1.66. The fourth-order valence-corrected chi connectivity index (χ4v) is 3.98. The van der Waals surface area contributed by atoms with Gasteiger partial charge in [-0.05, 0) is 76.9 Å². The summed E-state index contributed by atoms with van der Waals surface area (Å²) in [7, 11) is 3.20. The molecule has 0 aliphatic heterocycles. The molecular formula is C28H23Cl2NO3. The Labute approximate surface area is 209 Å². The molecule has 1 N–H and O–H groups in total. The third-order valence-electron chi connectivity index (χ3n) is 5.52. The highest BCUT2D eigenvalue weighted by Gasteiger charge is 2.14. The van der Waals surface area contributed by atoms with Gasteiger partial charge in [-0.15, -0.1) is 0 Å². The molecule has 4 nitrogen and oxygen atoms in total. The van der Waals surface area contributed by atoms with E-state index in [0.29, 0.717) is 33.7 Å². The van der Waals surface area contributed by atoms with Gasteiger partial charge in [0.2, 0.25) is 0 Å². The summed E-state index contributed by atoms with van der Waals surface area (Å²) in [6.07, 6.45) is 0. The van der Waals surface area contributed by atoms with Crippen molar-refractivity contribution in [2.75, 3.05) is 14.2 Å². The molecule has 0 saturated carbocycles. The zero-order valence-corrected chi connectivity index (χ0v) is 20.3. The van der Waals surface area contributed by atoms with Crippen LogP contribution in [0, 0.1) is 0 Å². The predicted molar refractivity (Wildman–Crippen MR) is 138 cm³/mol. The van der Waals surface area contributed by atoms with Gasteiger partial charge in [-0.25, -0.2) is 0 Å². The molecule has 34 heavy (non-hydrogen) atoms. The molecule has 0 saturated heterocycles. The molecule has 1 amide bonds. The Kier molecular flexibility index (Phi) is 7.41. The van der Waals surface area contributed by atoms with E-state index in [4.69, 9.17) is 32.7 Å². The Hall–Kier alpha value is -3.47. The van der Waals surface area contributed by atoms with E-state index in [9.17, 15) is 4.79 Å². The van der Waals surface area contributed by atoms with Crippen LogP contribution in [0.2, 0.25) is 10.0 Å². The molecule has 0 aliphatic rings. The number of benzene rings is 4. The molecule has 0 heterocycles. The van der Waals surface area contributed by atoms with Crippen LogP contribution in [0.3, 0.4) is 0 Å². The second kappa shape index (κ2) is 10.6. The quantitative estimate of drug-likeness (QED) is 0.295. The maximum Gasteiger partial charge on any atom is 0.251 e. The third kappa shape index (κ3) is 5.36. The fraction of sp³-hybridized carbons (Fsp3) is 0.107.